The Hall–Kier alpha value is -2.21. The fraction of sp³-hybridized carbons (Fsp3) is 0.357. The minimum Gasteiger partial charge on any atom is -0.419 e. The van der Waals surface area contributed by atoms with E-state index in [0.29, 0.717) is 18.3 Å². The normalized spacial score (nSPS) is 18.8. The fourth-order valence-electron chi connectivity index (χ4n) is 2.24. The highest BCUT2D eigenvalue weighted by atomic mass is 16.4. The van der Waals surface area contributed by atoms with Gasteiger partial charge in [-0.1, -0.05) is 18.2 Å². The van der Waals surface area contributed by atoms with Crippen molar-refractivity contribution in [1.29, 1.82) is 0 Å². The third-order valence-corrected chi connectivity index (χ3v) is 3.41. The number of likely N-dealkylation sites (tertiary alicyclic amines) is 1. The van der Waals surface area contributed by atoms with Crippen LogP contribution in [-0.4, -0.2) is 40.6 Å². The summed E-state index contributed by atoms with van der Waals surface area (Å²) >= 11 is 0. The van der Waals surface area contributed by atoms with Crippen LogP contribution in [0.15, 0.2) is 34.7 Å². The van der Waals surface area contributed by atoms with Crippen LogP contribution in [0.25, 0.3) is 11.5 Å². The lowest BCUT2D eigenvalue weighted by Gasteiger charge is -2.10. The Morgan fingerprint density at radius 3 is 2.85 bits per heavy atom. The molecule has 1 aliphatic rings. The van der Waals surface area contributed by atoms with E-state index < -0.39 is 0 Å². The van der Waals surface area contributed by atoms with Gasteiger partial charge in [0.05, 0.1) is 12.6 Å². The molecule has 1 aliphatic heterocycles. The predicted octanol–water partition coefficient (Wildman–Crippen LogP) is 1.06. The maximum atomic E-state index is 11.8. The van der Waals surface area contributed by atoms with Gasteiger partial charge in [-0.15, -0.1) is 10.2 Å². The van der Waals surface area contributed by atoms with E-state index >= 15 is 0 Å². The molecule has 0 spiro atoms. The Morgan fingerprint density at radius 1 is 1.35 bits per heavy atom. The number of nitrogens with zero attached hydrogens (tertiary/aromatic N) is 3. The number of likely N-dealkylation sites (N-methyl/N-ethyl adjacent to an activating group) is 1. The van der Waals surface area contributed by atoms with Crippen molar-refractivity contribution in [3.63, 3.8) is 0 Å². The summed E-state index contributed by atoms with van der Waals surface area (Å²) in [5.74, 6) is 1.11. The van der Waals surface area contributed by atoms with Crippen molar-refractivity contribution in [2.24, 2.45) is 0 Å². The molecule has 2 aromatic rings. The minimum absolute atomic E-state index is 0.118. The molecule has 20 heavy (non-hydrogen) atoms. The molecule has 1 amide bonds. The van der Waals surface area contributed by atoms with Gasteiger partial charge >= 0.3 is 0 Å². The van der Waals surface area contributed by atoms with E-state index in [0.717, 1.165) is 18.5 Å². The number of amides is 1. The lowest BCUT2D eigenvalue weighted by Crippen LogP contribution is -2.36. The summed E-state index contributed by atoms with van der Waals surface area (Å²) in [7, 11) is 1.81. The zero-order valence-electron chi connectivity index (χ0n) is 11.2. The van der Waals surface area contributed by atoms with Crippen LogP contribution >= 0.6 is 0 Å². The highest BCUT2D eigenvalue weighted by Crippen LogP contribution is 2.17. The second-order valence-electron chi connectivity index (χ2n) is 4.85. The molecule has 0 bridgehead atoms. The summed E-state index contributed by atoms with van der Waals surface area (Å²) in [6.07, 6.45) is 0.814. The lowest BCUT2D eigenvalue weighted by molar-refractivity contribution is -0.128. The van der Waals surface area contributed by atoms with Crippen molar-refractivity contribution in [2.75, 3.05) is 13.6 Å². The first-order chi connectivity index (χ1) is 9.74. The molecule has 1 aromatic carbocycles. The van der Waals surface area contributed by atoms with Crippen molar-refractivity contribution in [1.82, 2.24) is 20.4 Å². The Balaban J connectivity index is 1.62. The van der Waals surface area contributed by atoms with E-state index in [1.165, 1.54) is 0 Å². The average Bonchev–Trinajstić information content (AvgIpc) is 3.07. The Morgan fingerprint density at radius 2 is 2.15 bits per heavy atom. The van der Waals surface area contributed by atoms with Gasteiger partial charge in [0.2, 0.25) is 17.7 Å². The SMILES string of the molecule is CN1CCC(NCc2nnc(-c3ccccc3)o2)C1=O. The van der Waals surface area contributed by atoms with Gasteiger partial charge < -0.3 is 9.32 Å². The lowest BCUT2D eigenvalue weighted by atomic mass is 10.2. The summed E-state index contributed by atoms with van der Waals surface area (Å²) in [6.45, 7) is 1.19. The molecule has 1 aromatic heterocycles. The third kappa shape index (κ3) is 2.55. The zero-order valence-corrected chi connectivity index (χ0v) is 11.2. The number of aromatic nitrogens is 2. The number of nitrogens with one attached hydrogen (secondary N) is 1. The first-order valence-electron chi connectivity index (χ1n) is 6.60. The Kier molecular flexibility index (Phi) is 3.47. The van der Waals surface area contributed by atoms with Gasteiger partial charge in [0.25, 0.3) is 0 Å². The van der Waals surface area contributed by atoms with Gasteiger partial charge in [-0.25, -0.2) is 0 Å². The molecule has 0 aliphatic carbocycles. The number of hydrogen-bond donors (Lipinski definition) is 1. The first kappa shape index (κ1) is 12.8. The van der Waals surface area contributed by atoms with Crippen molar-refractivity contribution in [3.05, 3.63) is 36.2 Å². The Labute approximate surface area is 116 Å². The fourth-order valence-corrected chi connectivity index (χ4v) is 2.24. The predicted molar refractivity (Wildman–Crippen MR) is 72.6 cm³/mol. The highest BCUT2D eigenvalue weighted by molar-refractivity contribution is 5.83. The van der Waals surface area contributed by atoms with E-state index in [-0.39, 0.29) is 11.9 Å². The zero-order chi connectivity index (χ0) is 13.9. The van der Waals surface area contributed by atoms with E-state index in [1.54, 1.807) is 4.90 Å². The monoisotopic (exact) mass is 272 g/mol. The molecular formula is C14H16N4O2. The third-order valence-electron chi connectivity index (χ3n) is 3.41. The van der Waals surface area contributed by atoms with Crippen LogP contribution in [0.5, 0.6) is 0 Å². The van der Waals surface area contributed by atoms with E-state index in [1.807, 2.05) is 37.4 Å². The van der Waals surface area contributed by atoms with E-state index in [2.05, 4.69) is 15.5 Å². The smallest absolute Gasteiger partial charge is 0.247 e. The number of hydrogen-bond acceptors (Lipinski definition) is 5. The molecule has 1 fully saturated rings. The van der Waals surface area contributed by atoms with Crippen molar-refractivity contribution >= 4 is 5.91 Å². The molecule has 1 saturated heterocycles. The molecule has 1 unspecified atom stereocenters. The van der Waals surface area contributed by atoms with Gasteiger partial charge in [-0.05, 0) is 18.6 Å². The standard InChI is InChI=1S/C14H16N4O2/c1-18-8-7-11(14(18)19)15-9-12-16-17-13(20-12)10-5-3-2-4-6-10/h2-6,11,15H,7-9H2,1H3. The average molecular weight is 272 g/mol. The molecule has 0 radical (unpaired) electrons. The van der Waals surface area contributed by atoms with Crippen LogP contribution < -0.4 is 5.32 Å². The molecule has 6 heteroatoms. The molecule has 6 nitrogen and oxygen atoms in total. The first-order valence-corrected chi connectivity index (χ1v) is 6.60. The Bertz CT molecular complexity index is 596. The summed E-state index contributed by atoms with van der Waals surface area (Å²) in [6, 6.07) is 9.46. The van der Waals surface area contributed by atoms with Crippen LogP contribution in [0.4, 0.5) is 0 Å². The van der Waals surface area contributed by atoms with Gasteiger partial charge in [0, 0.05) is 19.2 Å². The van der Waals surface area contributed by atoms with Crippen molar-refractivity contribution in [3.8, 4) is 11.5 Å². The highest BCUT2D eigenvalue weighted by Gasteiger charge is 2.28. The second kappa shape index (κ2) is 5.42. The summed E-state index contributed by atoms with van der Waals surface area (Å²) in [4.78, 5) is 13.5. The number of carbonyl (C=O) groups excluding carboxylic acids is 1. The van der Waals surface area contributed by atoms with Crippen LogP contribution in [0.3, 0.4) is 0 Å². The molecule has 2 heterocycles. The topological polar surface area (TPSA) is 71.3 Å². The van der Waals surface area contributed by atoms with Crippen molar-refractivity contribution < 1.29 is 9.21 Å². The number of benzene rings is 1. The number of rotatable bonds is 4. The van der Waals surface area contributed by atoms with Crippen molar-refractivity contribution in [2.45, 2.75) is 19.0 Å². The van der Waals surface area contributed by atoms with Gasteiger partial charge in [0.1, 0.15) is 0 Å². The summed E-state index contributed by atoms with van der Waals surface area (Å²) in [5, 5.41) is 11.2. The van der Waals surface area contributed by atoms with Gasteiger partial charge in [0.15, 0.2) is 0 Å². The van der Waals surface area contributed by atoms with E-state index in [4.69, 9.17) is 4.42 Å². The summed E-state index contributed by atoms with van der Waals surface area (Å²) < 4.78 is 5.58. The molecular weight excluding hydrogens is 256 g/mol. The maximum absolute atomic E-state index is 11.8. The van der Waals surface area contributed by atoms with Crippen LogP contribution in [0.1, 0.15) is 12.3 Å². The largest absolute Gasteiger partial charge is 0.419 e. The number of carbonyl (C=O) groups is 1. The molecule has 104 valence electrons. The molecule has 1 atom stereocenters. The van der Waals surface area contributed by atoms with Crippen LogP contribution in [0, 0.1) is 0 Å². The molecule has 1 N–H and O–H groups in total. The molecule has 3 rings (SSSR count). The maximum Gasteiger partial charge on any atom is 0.247 e. The molecule has 0 saturated carbocycles. The van der Waals surface area contributed by atoms with Gasteiger partial charge in [-0.2, -0.15) is 0 Å². The van der Waals surface area contributed by atoms with Gasteiger partial charge in [-0.3, -0.25) is 10.1 Å². The summed E-state index contributed by atoms with van der Waals surface area (Å²) in [5.41, 5.74) is 0.892. The van der Waals surface area contributed by atoms with Crippen LogP contribution in [0.2, 0.25) is 0 Å². The second-order valence-corrected chi connectivity index (χ2v) is 4.85. The quantitative estimate of drug-likeness (QED) is 0.901. The van der Waals surface area contributed by atoms with E-state index in [9.17, 15) is 4.79 Å². The van der Waals surface area contributed by atoms with Crippen LogP contribution in [-0.2, 0) is 11.3 Å². The minimum atomic E-state index is -0.146.